The summed E-state index contributed by atoms with van der Waals surface area (Å²) in [5, 5.41) is 0. The van der Waals surface area contributed by atoms with E-state index in [2.05, 4.69) is 0 Å². The van der Waals surface area contributed by atoms with Crippen LogP contribution in [-0.2, 0) is 9.59 Å². The number of hydrogen-bond acceptors (Lipinski definition) is 2. The summed E-state index contributed by atoms with van der Waals surface area (Å²) in [6, 6.07) is 19.9. The van der Waals surface area contributed by atoms with E-state index < -0.39 is 18.7 Å². The Morgan fingerprint density at radius 2 is 1.10 bits per heavy atom. The van der Waals surface area contributed by atoms with Crippen LogP contribution in [0.2, 0.25) is 4.82 Å². The number of hydrogen-bond donors (Lipinski definition) is 0. The number of rotatable bonds is 5. The molecule has 102 valence electrons. The molecule has 0 spiro atoms. The Kier molecular flexibility index (Phi) is 4.89. The van der Waals surface area contributed by atoms with E-state index in [-0.39, 0.29) is 11.6 Å². The summed E-state index contributed by atoms with van der Waals surface area (Å²) < 4.78 is 2.24. The summed E-state index contributed by atoms with van der Waals surface area (Å²) >= 11 is -1.71. The van der Waals surface area contributed by atoms with E-state index in [1.165, 1.54) is 13.8 Å². The molecule has 2 nitrogen and oxygen atoms in total. The van der Waals surface area contributed by atoms with Gasteiger partial charge in [0.2, 0.25) is 0 Å². The Morgan fingerprint density at radius 1 is 0.750 bits per heavy atom. The molecule has 0 aliphatic carbocycles. The Bertz CT molecular complexity index is 539. The van der Waals surface area contributed by atoms with Crippen LogP contribution in [0.25, 0.3) is 0 Å². The van der Waals surface area contributed by atoms with Crippen molar-refractivity contribution in [2.75, 3.05) is 0 Å². The molecule has 0 atom stereocenters. The second kappa shape index (κ2) is 6.64. The quantitative estimate of drug-likeness (QED) is 0.619. The molecule has 0 aliphatic heterocycles. The van der Waals surface area contributed by atoms with Crippen molar-refractivity contribution in [3.05, 3.63) is 60.7 Å². The third kappa shape index (κ3) is 3.24. The van der Waals surface area contributed by atoms with Gasteiger partial charge in [0.15, 0.2) is 0 Å². The van der Waals surface area contributed by atoms with Gasteiger partial charge in [-0.05, 0) is 0 Å². The Hall–Kier alpha value is -1.70. The third-order valence-corrected chi connectivity index (χ3v) is 8.62. The van der Waals surface area contributed by atoms with Crippen LogP contribution < -0.4 is 8.92 Å². The molecule has 2 aromatic carbocycles. The van der Waals surface area contributed by atoms with Crippen molar-refractivity contribution in [1.29, 1.82) is 0 Å². The molecule has 0 fully saturated rings. The van der Waals surface area contributed by atoms with Crippen molar-refractivity contribution in [2.24, 2.45) is 0 Å². The number of carbonyl (C=O) groups is 2. The van der Waals surface area contributed by atoms with Crippen LogP contribution in [-0.4, -0.2) is 25.5 Å². The normalized spacial score (nSPS) is 10.8. The van der Waals surface area contributed by atoms with Crippen molar-refractivity contribution in [3.63, 3.8) is 0 Å². The Morgan fingerprint density at radius 3 is 1.40 bits per heavy atom. The summed E-state index contributed by atoms with van der Waals surface area (Å²) in [6.45, 7) is 3.04. The van der Waals surface area contributed by atoms with Crippen LogP contribution >= 0.6 is 0 Å². The van der Waals surface area contributed by atoms with Crippen molar-refractivity contribution in [3.8, 4) is 0 Å². The monoisotopic (exact) mass is 333 g/mol. The van der Waals surface area contributed by atoms with Gasteiger partial charge >= 0.3 is 123 Å². The number of Topliss-reactive ketones (excluding diaryl/α,β-unsaturated/α-hetero) is 2. The van der Waals surface area contributed by atoms with E-state index in [9.17, 15) is 9.59 Å². The molecule has 0 amide bonds. The number of ketones is 2. The summed E-state index contributed by atoms with van der Waals surface area (Å²) in [5.41, 5.74) is 0. The first-order valence-corrected chi connectivity index (χ1v) is 9.15. The van der Waals surface area contributed by atoms with Gasteiger partial charge in [-0.15, -0.1) is 0 Å². The molecule has 0 aliphatic rings. The topological polar surface area (TPSA) is 34.1 Å². The zero-order valence-electron chi connectivity index (χ0n) is 11.6. The molecule has 0 saturated carbocycles. The van der Waals surface area contributed by atoms with E-state index >= 15 is 0 Å². The van der Waals surface area contributed by atoms with Gasteiger partial charge in [-0.2, -0.15) is 0 Å². The van der Waals surface area contributed by atoms with Crippen LogP contribution in [0.4, 0.5) is 0 Å². The summed E-state index contributed by atoms with van der Waals surface area (Å²) in [6.07, 6.45) is 0. The van der Waals surface area contributed by atoms with E-state index in [1.807, 2.05) is 60.7 Å². The molecule has 0 bridgehead atoms. The van der Waals surface area contributed by atoms with Gasteiger partial charge in [-0.1, -0.05) is 0 Å². The van der Waals surface area contributed by atoms with Gasteiger partial charge < -0.3 is 0 Å². The second-order valence-corrected chi connectivity index (χ2v) is 8.95. The molecule has 3 heteroatoms. The molecule has 20 heavy (non-hydrogen) atoms. The van der Waals surface area contributed by atoms with Gasteiger partial charge in [0.05, 0.1) is 0 Å². The standard InChI is InChI=1S/C17H17O2Se/c1-13(18)17(14(2)19)20(15-9-5-3-6-10-15)16-11-7-4-8-12-16/h3-12,17H,1-2H3/q+1. The van der Waals surface area contributed by atoms with Crippen LogP contribution in [0.1, 0.15) is 13.8 Å². The summed E-state index contributed by atoms with van der Waals surface area (Å²) in [5.74, 6) is -0.0644. The van der Waals surface area contributed by atoms with E-state index in [4.69, 9.17) is 0 Å². The molecular weight excluding hydrogens is 315 g/mol. The van der Waals surface area contributed by atoms with Gasteiger partial charge in [0.1, 0.15) is 0 Å². The van der Waals surface area contributed by atoms with Gasteiger partial charge in [-0.25, -0.2) is 0 Å². The molecule has 0 saturated heterocycles. The average molecular weight is 332 g/mol. The predicted octanol–water partition coefficient (Wildman–Crippen LogP) is 1.84. The zero-order chi connectivity index (χ0) is 14.5. The molecule has 0 heterocycles. The maximum atomic E-state index is 12.0. The third-order valence-electron chi connectivity index (χ3n) is 2.97. The fourth-order valence-corrected chi connectivity index (χ4v) is 7.16. The summed E-state index contributed by atoms with van der Waals surface area (Å²) in [7, 11) is 0. The number of carbonyl (C=O) groups excluding carboxylic acids is 2. The predicted molar refractivity (Wildman–Crippen MR) is 83.0 cm³/mol. The zero-order valence-corrected chi connectivity index (χ0v) is 13.3. The van der Waals surface area contributed by atoms with Gasteiger partial charge in [0.25, 0.3) is 0 Å². The Balaban J connectivity index is 2.55. The second-order valence-electron chi connectivity index (χ2n) is 4.57. The molecule has 0 radical (unpaired) electrons. The van der Waals surface area contributed by atoms with E-state index in [0.717, 1.165) is 8.92 Å². The van der Waals surface area contributed by atoms with Crippen molar-refractivity contribution >= 4 is 34.4 Å². The van der Waals surface area contributed by atoms with Crippen LogP contribution in [0.3, 0.4) is 0 Å². The van der Waals surface area contributed by atoms with Crippen molar-refractivity contribution in [2.45, 2.75) is 18.7 Å². The first kappa shape index (κ1) is 14.7. The molecule has 2 aromatic rings. The Labute approximate surface area is 123 Å². The van der Waals surface area contributed by atoms with Crippen LogP contribution in [0.5, 0.6) is 0 Å². The minimum absolute atomic E-state index is 0.0322. The van der Waals surface area contributed by atoms with Gasteiger partial charge in [-0.3, -0.25) is 0 Å². The van der Waals surface area contributed by atoms with Crippen molar-refractivity contribution in [1.82, 2.24) is 0 Å². The molecule has 0 unspecified atom stereocenters. The first-order chi connectivity index (χ1) is 9.61. The fourth-order valence-electron chi connectivity index (χ4n) is 2.16. The number of benzene rings is 2. The minimum atomic E-state index is -1.71. The SMILES string of the molecule is CC(=O)C(C(C)=O)[Se+](c1ccccc1)c1ccccc1. The van der Waals surface area contributed by atoms with Crippen LogP contribution in [0, 0.1) is 0 Å². The van der Waals surface area contributed by atoms with E-state index in [0.29, 0.717) is 0 Å². The average Bonchev–Trinajstić information content (AvgIpc) is 2.45. The first-order valence-electron chi connectivity index (χ1n) is 6.45. The maximum absolute atomic E-state index is 12.0. The molecule has 0 N–H and O–H groups in total. The molecular formula is C17H17O2Se+. The van der Waals surface area contributed by atoms with Crippen LogP contribution in [0.15, 0.2) is 60.7 Å². The molecule has 0 aromatic heterocycles. The van der Waals surface area contributed by atoms with Gasteiger partial charge in [0, 0.05) is 0 Å². The fraction of sp³-hybridized carbons (Fsp3) is 0.176. The summed E-state index contributed by atoms with van der Waals surface area (Å²) in [4.78, 5) is 23.5. The van der Waals surface area contributed by atoms with Crippen molar-refractivity contribution < 1.29 is 9.59 Å². The van der Waals surface area contributed by atoms with E-state index in [1.54, 1.807) is 0 Å². The molecule has 2 rings (SSSR count).